The number of nitrogens with one attached hydrogen (secondary N) is 1. The molecule has 1 aromatic heterocycles. The molecule has 28 heavy (non-hydrogen) atoms. The highest BCUT2D eigenvalue weighted by atomic mass is 33.1. The minimum Gasteiger partial charge on any atom is -0.480 e. The molecule has 0 aliphatic rings. The van der Waals surface area contributed by atoms with Crippen molar-refractivity contribution in [2.24, 2.45) is 17.2 Å². The summed E-state index contributed by atoms with van der Waals surface area (Å²) in [5, 5.41) is 9.63. The predicted molar refractivity (Wildman–Crippen MR) is 110 cm³/mol. The second kappa shape index (κ2) is 10.5. The Morgan fingerprint density at radius 3 is 2.29 bits per heavy atom. The number of hydrogen-bond donors (Lipinski definition) is 5. The first-order valence-electron chi connectivity index (χ1n) is 8.34. The van der Waals surface area contributed by atoms with Gasteiger partial charge in [-0.1, -0.05) is 39.8 Å². The van der Waals surface area contributed by atoms with Crippen molar-refractivity contribution in [3.05, 3.63) is 36.0 Å². The van der Waals surface area contributed by atoms with Gasteiger partial charge in [0.1, 0.15) is 18.1 Å². The number of para-hydroxylation sites is 1. The van der Waals surface area contributed by atoms with E-state index in [1.165, 1.54) is 21.6 Å². The van der Waals surface area contributed by atoms with Crippen LogP contribution >= 0.6 is 21.6 Å². The van der Waals surface area contributed by atoms with Crippen molar-refractivity contribution in [2.75, 3.05) is 11.5 Å². The van der Waals surface area contributed by atoms with Crippen LogP contribution in [0.3, 0.4) is 0 Å². The highest BCUT2D eigenvalue weighted by Crippen LogP contribution is 2.22. The molecule has 0 amide bonds. The van der Waals surface area contributed by atoms with Gasteiger partial charge in [-0.15, -0.1) is 0 Å². The lowest BCUT2D eigenvalue weighted by Crippen LogP contribution is -2.41. The first-order chi connectivity index (χ1) is 13.3. The molecule has 0 radical (unpaired) electrons. The third-order valence-corrected chi connectivity index (χ3v) is 6.29. The highest BCUT2D eigenvalue weighted by Gasteiger charge is 2.24. The fourth-order valence-corrected chi connectivity index (χ4v) is 4.47. The van der Waals surface area contributed by atoms with Crippen LogP contribution in [0.2, 0.25) is 0 Å². The Morgan fingerprint density at radius 1 is 1.00 bits per heavy atom. The summed E-state index contributed by atoms with van der Waals surface area (Å²) in [6.45, 7) is 0. The van der Waals surface area contributed by atoms with Crippen LogP contribution in [0.25, 0.3) is 10.9 Å². The fourth-order valence-electron chi connectivity index (χ4n) is 2.25. The lowest BCUT2D eigenvalue weighted by atomic mass is 10.1. The number of nitrogens with two attached hydrogens (primary N) is 3. The van der Waals surface area contributed by atoms with E-state index >= 15 is 0 Å². The smallest absolute Gasteiger partial charge is 0.331 e. The number of fused-ring (bicyclic) bond motifs is 1. The number of carboxylic acid groups (broad SMARTS) is 1. The van der Waals surface area contributed by atoms with Gasteiger partial charge >= 0.3 is 17.9 Å². The van der Waals surface area contributed by atoms with E-state index in [9.17, 15) is 14.4 Å². The molecule has 1 aromatic carbocycles. The molecule has 3 atom stereocenters. The van der Waals surface area contributed by atoms with Crippen molar-refractivity contribution in [3.63, 3.8) is 0 Å². The van der Waals surface area contributed by atoms with E-state index in [1.807, 2.05) is 24.3 Å². The summed E-state index contributed by atoms with van der Waals surface area (Å²) in [5.41, 5.74) is 18.7. The van der Waals surface area contributed by atoms with E-state index in [0.717, 1.165) is 16.5 Å². The van der Waals surface area contributed by atoms with E-state index in [4.69, 9.17) is 27.0 Å². The summed E-state index contributed by atoms with van der Waals surface area (Å²) < 4.78 is 4.77. The number of rotatable bonds is 10. The van der Waals surface area contributed by atoms with E-state index in [1.54, 1.807) is 6.20 Å². The van der Waals surface area contributed by atoms with E-state index in [2.05, 4.69) is 4.98 Å². The molecule has 0 spiro atoms. The zero-order valence-electron chi connectivity index (χ0n) is 14.9. The number of aromatic amines is 1. The molecule has 0 aliphatic heterocycles. The fraction of sp³-hybridized carbons (Fsp3) is 0.353. The van der Waals surface area contributed by atoms with Crippen LogP contribution in [-0.4, -0.2) is 57.6 Å². The van der Waals surface area contributed by atoms with Crippen molar-refractivity contribution >= 4 is 50.4 Å². The number of aliphatic carboxylic acids is 1. The Hall–Kier alpha value is -2.05. The molecule has 0 aliphatic carbocycles. The van der Waals surface area contributed by atoms with Crippen LogP contribution in [0.5, 0.6) is 0 Å². The minimum absolute atomic E-state index is 0.140. The summed E-state index contributed by atoms with van der Waals surface area (Å²) in [5.74, 6) is -2.53. The van der Waals surface area contributed by atoms with Gasteiger partial charge in [0, 0.05) is 35.0 Å². The van der Waals surface area contributed by atoms with Gasteiger partial charge in [0.15, 0.2) is 0 Å². The SMILES string of the molecule is NC(CSSC[C@H](N)C(=O)OC(=O)[C@@H](N)Cc1c[nH]c2ccccc12)C(=O)O. The second-order valence-corrected chi connectivity index (χ2v) is 8.58. The lowest BCUT2D eigenvalue weighted by molar-refractivity contribution is -0.161. The van der Waals surface area contributed by atoms with Gasteiger partial charge in [0.05, 0.1) is 0 Å². The monoisotopic (exact) mass is 426 g/mol. The zero-order chi connectivity index (χ0) is 20.7. The van der Waals surface area contributed by atoms with Crippen molar-refractivity contribution in [2.45, 2.75) is 24.5 Å². The van der Waals surface area contributed by atoms with Crippen LogP contribution in [0, 0.1) is 0 Å². The molecular weight excluding hydrogens is 404 g/mol. The van der Waals surface area contributed by atoms with Gasteiger partial charge in [0.25, 0.3) is 0 Å². The number of carboxylic acids is 1. The van der Waals surface area contributed by atoms with Gasteiger partial charge < -0.3 is 32.0 Å². The molecule has 11 heteroatoms. The highest BCUT2D eigenvalue weighted by molar-refractivity contribution is 8.76. The molecule has 0 bridgehead atoms. The zero-order valence-corrected chi connectivity index (χ0v) is 16.5. The number of aromatic nitrogens is 1. The molecule has 0 saturated heterocycles. The third-order valence-electron chi connectivity index (χ3n) is 3.82. The van der Waals surface area contributed by atoms with Crippen molar-refractivity contribution in [1.29, 1.82) is 0 Å². The van der Waals surface area contributed by atoms with E-state index in [0.29, 0.717) is 0 Å². The van der Waals surface area contributed by atoms with Crippen LogP contribution in [0.15, 0.2) is 30.5 Å². The van der Waals surface area contributed by atoms with Crippen LogP contribution in [0.1, 0.15) is 5.56 Å². The number of carbonyl (C=O) groups excluding carboxylic acids is 2. The van der Waals surface area contributed by atoms with E-state index < -0.39 is 36.0 Å². The van der Waals surface area contributed by atoms with E-state index in [-0.39, 0.29) is 17.9 Å². The van der Waals surface area contributed by atoms with Gasteiger partial charge in [-0.2, -0.15) is 0 Å². The molecule has 0 saturated carbocycles. The Balaban J connectivity index is 1.77. The first kappa shape index (κ1) is 22.2. The summed E-state index contributed by atoms with van der Waals surface area (Å²) >= 11 is 0. The van der Waals surface area contributed by atoms with Gasteiger partial charge in [-0.05, 0) is 11.6 Å². The molecule has 8 N–H and O–H groups in total. The molecule has 2 aromatic rings. The lowest BCUT2D eigenvalue weighted by Gasteiger charge is -2.13. The largest absolute Gasteiger partial charge is 0.480 e. The maximum absolute atomic E-state index is 12.1. The predicted octanol–water partition coefficient (Wildman–Crippen LogP) is 0.228. The third kappa shape index (κ3) is 6.24. The van der Waals surface area contributed by atoms with Gasteiger partial charge in [-0.3, -0.25) is 4.79 Å². The van der Waals surface area contributed by atoms with Crippen molar-refractivity contribution in [1.82, 2.24) is 4.98 Å². The normalized spacial score (nSPS) is 14.4. The average Bonchev–Trinajstić information content (AvgIpc) is 3.07. The maximum Gasteiger partial charge on any atom is 0.331 e. The van der Waals surface area contributed by atoms with Crippen LogP contribution in [0.4, 0.5) is 0 Å². The molecule has 1 heterocycles. The number of ether oxygens (including phenoxy) is 1. The Kier molecular flexibility index (Phi) is 8.33. The molecule has 0 fully saturated rings. The average molecular weight is 427 g/mol. The van der Waals surface area contributed by atoms with Crippen molar-refractivity contribution in [3.8, 4) is 0 Å². The molecule has 2 rings (SSSR count). The number of H-pyrrole nitrogens is 1. The second-order valence-electron chi connectivity index (χ2n) is 6.03. The standard InChI is InChI=1S/C17H22N4O5S2/c18-11(5-9-6-21-14-4-2-1-3-10(9)14)16(24)26-17(25)13(20)8-28-27-7-12(19)15(22)23/h1-4,6,11-13,21H,5,7-8,18-20H2,(H,22,23)/t11-,12?,13-/m0/s1. The molecule has 9 nitrogen and oxygen atoms in total. The number of benzene rings is 1. The molecule has 1 unspecified atom stereocenters. The topological polar surface area (TPSA) is 175 Å². The summed E-state index contributed by atoms with van der Waals surface area (Å²) in [7, 11) is 2.35. The van der Waals surface area contributed by atoms with Crippen LogP contribution in [-0.2, 0) is 25.5 Å². The summed E-state index contributed by atoms with van der Waals surface area (Å²) in [6.07, 6.45) is 1.98. The Labute approximate surface area is 169 Å². The summed E-state index contributed by atoms with van der Waals surface area (Å²) in [6, 6.07) is 4.54. The Morgan fingerprint density at radius 2 is 1.61 bits per heavy atom. The Bertz CT molecular complexity index is 844. The summed E-state index contributed by atoms with van der Waals surface area (Å²) in [4.78, 5) is 37.7. The molecule has 152 valence electrons. The number of hydrogen-bond acceptors (Lipinski definition) is 9. The quantitative estimate of drug-likeness (QED) is 0.153. The van der Waals surface area contributed by atoms with Crippen molar-refractivity contribution < 1.29 is 24.2 Å². The van der Waals surface area contributed by atoms with Gasteiger partial charge in [0.2, 0.25) is 0 Å². The maximum atomic E-state index is 12.1. The van der Waals surface area contributed by atoms with Crippen LogP contribution < -0.4 is 17.2 Å². The minimum atomic E-state index is -1.11. The molecular formula is C17H22N4O5S2. The first-order valence-corrected chi connectivity index (χ1v) is 10.8. The number of carbonyl (C=O) groups is 3. The number of esters is 2. The van der Waals surface area contributed by atoms with Gasteiger partial charge in [-0.25, -0.2) is 9.59 Å².